The van der Waals surface area contributed by atoms with E-state index in [-0.39, 0.29) is 5.91 Å². The van der Waals surface area contributed by atoms with Gasteiger partial charge in [-0.2, -0.15) is 0 Å². The maximum Gasteiger partial charge on any atom is 0.248 e. The van der Waals surface area contributed by atoms with E-state index in [1.54, 1.807) is 19.1 Å². The van der Waals surface area contributed by atoms with Crippen molar-refractivity contribution < 1.29 is 13.2 Å². The third kappa shape index (κ3) is 4.17. The molecule has 0 spiro atoms. The van der Waals surface area contributed by atoms with E-state index in [1.165, 1.54) is 4.31 Å². The number of nitrogens with one attached hydrogen (secondary N) is 1. The van der Waals surface area contributed by atoms with Gasteiger partial charge >= 0.3 is 0 Å². The smallest absolute Gasteiger partial charge is 0.248 e. The van der Waals surface area contributed by atoms with Crippen molar-refractivity contribution >= 4 is 38.1 Å². The maximum atomic E-state index is 13.1. The summed E-state index contributed by atoms with van der Waals surface area (Å²) >= 11 is 0. The summed E-state index contributed by atoms with van der Waals surface area (Å²) in [6.45, 7) is 3.73. The number of rotatable bonds is 6. The van der Waals surface area contributed by atoms with Crippen molar-refractivity contribution in [3.8, 4) is 0 Å². The number of anilines is 2. The first kappa shape index (κ1) is 19.9. The standard InChI is InChI=1S/C22H24N2O3S/c1-4-21(24(28(3,26)27)18-14-12-16(2)13-15-18)22(25)23-20-11-7-9-17-8-5-6-10-19(17)20/h5-15,21H,4H2,1-3H3,(H,23,25)/t21-/m1/s1. The number of fused-ring (bicyclic) bond motifs is 1. The third-order valence-corrected chi connectivity index (χ3v) is 5.85. The minimum absolute atomic E-state index is 0.345. The molecule has 0 saturated heterocycles. The molecular weight excluding hydrogens is 372 g/mol. The van der Waals surface area contributed by atoms with Crippen LogP contribution in [0.5, 0.6) is 0 Å². The summed E-state index contributed by atoms with van der Waals surface area (Å²) in [6.07, 6.45) is 1.47. The molecule has 0 aromatic heterocycles. The normalized spacial score (nSPS) is 12.5. The number of nitrogens with zero attached hydrogens (tertiary/aromatic N) is 1. The number of carbonyl (C=O) groups is 1. The Kier molecular flexibility index (Phi) is 5.70. The second-order valence-electron chi connectivity index (χ2n) is 6.83. The molecule has 3 aromatic carbocycles. The van der Waals surface area contributed by atoms with Crippen LogP contribution in [-0.4, -0.2) is 26.6 Å². The van der Waals surface area contributed by atoms with Crippen LogP contribution in [-0.2, 0) is 14.8 Å². The number of hydrogen-bond acceptors (Lipinski definition) is 3. The van der Waals surface area contributed by atoms with Crippen molar-refractivity contribution in [2.75, 3.05) is 15.9 Å². The van der Waals surface area contributed by atoms with Crippen LogP contribution < -0.4 is 9.62 Å². The van der Waals surface area contributed by atoms with Crippen molar-refractivity contribution in [3.63, 3.8) is 0 Å². The molecule has 3 rings (SSSR count). The lowest BCUT2D eigenvalue weighted by Gasteiger charge is -2.30. The Hall–Kier alpha value is -2.86. The zero-order chi connectivity index (χ0) is 20.3. The van der Waals surface area contributed by atoms with E-state index < -0.39 is 16.1 Å². The minimum atomic E-state index is -3.65. The van der Waals surface area contributed by atoms with Gasteiger partial charge in [-0.1, -0.05) is 61.0 Å². The van der Waals surface area contributed by atoms with Crippen LogP contribution in [0.1, 0.15) is 18.9 Å². The van der Waals surface area contributed by atoms with E-state index in [0.717, 1.165) is 22.6 Å². The molecule has 0 heterocycles. The van der Waals surface area contributed by atoms with Gasteiger partial charge in [0.2, 0.25) is 15.9 Å². The highest BCUT2D eigenvalue weighted by Crippen LogP contribution is 2.26. The number of carbonyl (C=O) groups excluding carboxylic acids is 1. The lowest BCUT2D eigenvalue weighted by atomic mass is 10.1. The Balaban J connectivity index is 1.97. The zero-order valence-electron chi connectivity index (χ0n) is 16.2. The molecule has 0 fully saturated rings. The molecule has 1 atom stereocenters. The highest BCUT2D eigenvalue weighted by Gasteiger charge is 2.31. The summed E-state index contributed by atoms with van der Waals surface area (Å²) in [7, 11) is -3.65. The maximum absolute atomic E-state index is 13.1. The fourth-order valence-corrected chi connectivity index (χ4v) is 4.51. The number of hydrogen-bond donors (Lipinski definition) is 1. The van der Waals surface area contributed by atoms with Crippen LogP contribution in [0.2, 0.25) is 0 Å². The van der Waals surface area contributed by atoms with Crippen LogP contribution in [0.15, 0.2) is 66.7 Å². The largest absolute Gasteiger partial charge is 0.324 e. The highest BCUT2D eigenvalue weighted by atomic mass is 32.2. The lowest BCUT2D eigenvalue weighted by molar-refractivity contribution is -0.117. The topological polar surface area (TPSA) is 66.5 Å². The van der Waals surface area contributed by atoms with E-state index in [0.29, 0.717) is 17.8 Å². The van der Waals surface area contributed by atoms with E-state index in [9.17, 15) is 13.2 Å². The van der Waals surface area contributed by atoms with Crippen molar-refractivity contribution in [1.29, 1.82) is 0 Å². The molecule has 0 aliphatic rings. The molecule has 0 aliphatic carbocycles. The SMILES string of the molecule is CC[C@H](C(=O)Nc1cccc2ccccc12)N(c1ccc(C)cc1)S(C)(=O)=O. The second-order valence-corrected chi connectivity index (χ2v) is 8.69. The van der Waals surface area contributed by atoms with Crippen LogP contribution >= 0.6 is 0 Å². The molecule has 1 amide bonds. The number of aryl methyl sites for hydroxylation is 1. The van der Waals surface area contributed by atoms with Gasteiger partial charge in [0, 0.05) is 11.1 Å². The van der Waals surface area contributed by atoms with Gasteiger partial charge in [-0.05, 0) is 36.9 Å². The summed E-state index contributed by atoms with van der Waals surface area (Å²) in [5, 5.41) is 4.84. The van der Waals surface area contributed by atoms with Gasteiger partial charge in [-0.25, -0.2) is 8.42 Å². The average molecular weight is 397 g/mol. The summed E-state index contributed by atoms with van der Waals surface area (Å²) < 4.78 is 26.3. The van der Waals surface area contributed by atoms with Gasteiger partial charge in [0.05, 0.1) is 11.9 Å². The molecule has 28 heavy (non-hydrogen) atoms. The van der Waals surface area contributed by atoms with Crippen LogP contribution in [0, 0.1) is 6.92 Å². The molecule has 5 nitrogen and oxygen atoms in total. The first-order chi connectivity index (χ1) is 13.3. The van der Waals surface area contributed by atoms with Crippen molar-refractivity contribution in [1.82, 2.24) is 0 Å². The van der Waals surface area contributed by atoms with Gasteiger partial charge < -0.3 is 5.32 Å². The molecule has 6 heteroatoms. The van der Waals surface area contributed by atoms with Gasteiger partial charge in [0.25, 0.3) is 0 Å². The number of benzene rings is 3. The third-order valence-electron chi connectivity index (χ3n) is 4.67. The van der Waals surface area contributed by atoms with E-state index in [2.05, 4.69) is 5.32 Å². The minimum Gasteiger partial charge on any atom is -0.324 e. The van der Waals surface area contributed by atoms with Crippen molar-refractivity contribution in [2.45, 2.75) is 26.3 Å². The number of amides is 1. The fourth-order valence-electron chi connectivity index (χ4n) is 3.30. The molecule has 0 aliphatic heterocycles. The Labute approximate surface area is 166 Å². The van der Waals surface area contributed by atoms with Crippen LogP contribution in [0.25, 0.3) is 10.8 Å². The van der Waals surface area contributed by atoms with E-state index >= 15 is 0 Å². The monoisotopic (exact) mass is 396 g/mol. The fraction of sp³-hybridized carbons (Fsp3) is 0.227. The molecule has 0 saturated carbocycles. The molecule has 0 radical (unpaired) electrons. The number of sulfonamides is 1. The molecule has 3 aromatic rings. The summed E-state index contributed by atoms with van der Waals surface area (Å²) in [5.41, 5.74) is 2.16. The van der Waals surface area contributed by atoms with Gasteiger partial charge in [0.1, 0.15) is 6.04 Å². The summed E-state index contributed by atoms with van der Waals surface area (Å²) in [4.78, 5) is 13.1. The lowest BCUT2D eigenvalue weighted by Crippen LogP contribution is -2.47. The molecule has 0 unspecified atom stereocenters. The quantitative estimate of drug-likeness (QED) is 0.674. The van der Waals surface area contributed by atoms with Gasteiger partial charge in [0.15, 0.2) is 0 Å². The van der Waals surface area contributed by atoms with Crippen LogP contribution in [0.3, 0.4) is 0 Å². The predicted octanol–water partition coefficient (Wildman–Crippen LogP) is 4.33. The summed E-state index contributed by atoms with van der Waals surface area (Å²) in [5.74, 6) is -0.357. The Morgan fingerprint density at radius 3 is 2.29 bits per heavy atom. The Morgan fingerprint density at radius 2 is 1.64 bits per heavy atom. The molecule has 146 valence electrons. The second kappa shape index (κ2) is 8.02. The first-order valence-electron chi connectivity index (χ1n) is 9.16. The van der Waals surface area contributed by atoms with Gasteiger partial charge in [-0.3, -0.25) is 9.10 Å². The van der Waals surface area contributed by atoms with Crippen molar-refractivity contribution in [2.24, 2.45) is 0 Å². The summed E-state index contributed by atoms with van der Waals surface area (Å²) in [6, 6.07) is 19.7. The van der Waals surface area contributed by atoms with Crippen LogP contribution in [0.4, 0.5) is 11.4 Å². The Morgan fingerprint density at radius 1 is 1.00 bits per heavy atom. The highest BCUT2D eigenvalue weighted by molar-refractivity contribution is 7.92. The van der Waals surface area contributed by atoms with Crippen molar-refractivity contribution in [3.05, 3.63) is 72.3 Å². The molecular formula is C22H24N2O3S. The first-order valence-corrected chi connectivity index (χ1v) is 11.0. The van der Waals surface area contributed by atoms with Gasteiger partial charge in [-0.15, -0.1) is 0 Å². The predicted molar refractivity (Wildman–Crippen MR) is 115 cm³/mol. The Bertz CT molecular complexity index is 1090. The average Bonchev–Trinajstić information content (AvgIpc) is 2.66. The zero-order valence-corrected chi connectivity index (χ0v) is 17.0. The molecule has 1 N–H and O–H groups in total. The van der Waals surface area contributed by atoms with E-state index in [1.807, 2.05) is 61.5 Å². The van der Waals surface area contributed by atoms with E-state index in [4.69, 9.17) is 0 Å². The molecule has 0 bridgehead atoms.